The molecule has 1 aromatic carbocycles. The molecular formula is C21H26BrN3O. The molecule has 0 N–H and O–H groups in total. The van der Waals surface area contributed by atoms with Crippen LogP contribution in [0.25, 0.3) is 0 Å². The van der Waals surface area contributed by atoms with Crippen LogP contribution in [0.3, 0.4) is 0 Å². The van der Waals surface area contributed by atoms with Crippen molar-refractivity contribution in [3.8, 4) is 0 Å². The summed E-state index contributed by atoms with van der Waals surface area (Å²) in [5, 5.41) is 0. The number of Topliss-reactive ketones (excluding diaryl/α,β-unsaturated/α-hetero) is 1. The second kappa shape index (κ2) is 8.21. The van der Waals surface area contributed by atoms with E-state index in [0.29, 0.717) is 11.6 Å². The molecule has 1 aliphatic heterocycles. The van der Waals surface area contributed by atoms with Crippen LogP contribution < -0.4 is 9.80 Å². The van der Waals surface area contributed by atoms with Crippen LogP contribution in [-0.4, -0.2) is 36.9 Å². The van der Waals surface area contributed by atoms with Crippen LogP contribution in [0.2, 0.25) is 0 Å². The van der Waals surface area contributed by atoms with Gasteiger partial charge in [-0.3, -0.25) is 9.78 Å². The maximum absolute atomic E-state index is 12.4. The highest BCUT2D eigenvalue weighted by Crippen LogP contribution is 2.23. The van der Waals surface area contributed by atoms with Gasteiger partial charge in [0.05, 0.1) is 11.9 Å². The summed E-state index contributed by atoms with van der Waals surface area (Å²) >= 11 is 3.48. The number of aromatic nitrogens is 1. The summed E-state index contributed by atoms with van der Waals surface area (Å²) in [4.78, 5) is 21.6. The number of benzene rings is 1. The number of hydrogen-bond donors (Lipinski definition) is 0. The van der Waals surface area contributed by atoms with Gasteiger partial charge < -0.3 is 9.80 Å². The van der Waals surface area contributed by atoms with Crippen molar-refractivity contribution in [2.45, 2.75) is 20.8 Å². The molecule has 5 heteroatoms. The van der Waals surface area contributed by atoms with E-state index in [0.717, 1.165) is 36.3 Å². The monoisotopic (exact) mass is 415 g/mol. The number of nitrogens with zero attached hydrogens (tertiary/aromatic N) is 3. The number of piperazine rings is 1. The molecule has 26 heavy (non-hydrogen) atoms. The van der Waals surface area contributed by atoms with Crippen molar-refractivity contribution in [2.24, 2.45) is 11.8 Å². The summed E-state index contributed by atoms with van der Waals surface area (Å²) < 4.78 is 1.10. The Morgan fingerprint density at radius 1 is 0.923 bits per heavy atom. The minimum absolute atomic E-state index is 0.00260. The Morgan fingerprint density at radius 2 is 1.46 bits per heavy atom. The zero-order valence-corrected chi connectivity index (χ0v) is 17.2. The van der Waals surface area contributed by atoms with Gasteiger partial charge in [-0.2, -0.15) is 0 Å². The van der Waals surface area contributed by atoms with Gasteiger partial charge >= 0.3 is 0 Å². The SMILES string of the molecule is CC(C)C(C)C(=O)c1ccc(N2CCN(c3ccc(Br)cc3)CC2)cn1. The lowest BCUT2D eigenvalue weighted by atomic mass is 9.92. The first-order valence-electron chi connectivity index (χ1n) is 9.21. The molecule has 1 atom stereocenters. The van der Waals surface area contributed by atoms with E-state index in [1.54, 1.807) is 0 Å². The van der Waals surface area contributed by atoms with E-state index in [2.05, 4.69) is 68.8 Å². The number of ketones is 1. The van der Waals surface area contributed by atoms with Gasteiger partial charge in [-0.1, -0.05) is 36.7 Å². The van der Waals surface area contributed by atoms with Crippen LogP contribution in [0, 0.1) is 11.8 Å². The van der Waals surface area contributed by atoms with E-state index >= 15 is 0 Å². The molecule has 1 unspecified atom stereocenters. The molecule has 0 saturated carbocycles. The lowest BCUT2D eigenvalue weighted by molar-refractivity contribution is 0.0894. The number of carbonyl (C=O) groups is 1. The topological polar surface area (TPSA) is 36.4 Å². The molecule has 0 radical (unpaired) electrons. The Bertz CT molecular complexity index is 735. The molecule has 138 valence electrons. The molecule has 1 saturated heterocycles. The van der Waals surface area contributed by atoms with Gasteiger partial charge in [0.1, 0.15) is 5.69 Å². The lowest BCUT2D eigenvalue weighted by Crippen LogP contribution is -2.46. The van der Waals surface area contributed by atoms with Crippen molar-refractivity contribution in [1.82, 2.24) is 4.98 Å². The largest absolute Gasteiger partial charge is 0.368 e. The van der Waals surface area contributed by atoms with Gasteiger partial charge in [0.2, 0.25) is 0 Å². The van der Waals surface area contributed by atoms with Gasteiger partial charge in [0, 0.05) is 42.3 Å². The molecule has 1 aliphatic rings. The van der Waals surface area contributed by atoms with Crippen molar-refractivity contribution in [3.63, 3.8) is 0 Å². The first-order valence-corrected chi connectivity index (χ1v) is 10.0. The number of carbonyl (C=O) groups excluding carboxylic acids is 1. The van der Waals surface area contributed by atoms with Gasteiger partial charge in [-0.25, -0.2) is 0 Å². The molecule has 3 rings (SSSR count). The number of hydrogen-bond acceptors (Lipinski definition) is 4. The summed E-state index contributed by atoms with van der Waals surface area (Å²) in [7, 11) is 0. The van der Waals surface area contributed by atoms with Gasteiger partial charge in [0.25, 0.3) is 0 Å². The van der Waals surface area contributed by atoms with Crippen molar-refractivity contribution < 1.29 is 4.79 Å². The Kier molecular flexibility index (Phi) is 5.97. The average molecular weight is 416 g/mol. The normalized spacial score (nSPS) is 16.0. The van der Waals surface area contributed by atoms with Crippen LogP contribution in [0.1, 0.15) is 31.3 Å². The molecule has 2 aromatic rings. The third kappa shape index (κ3) is 4.26. The third-order valence-corrected chi connectivity index (χ3v) is 5.78. The number of anilines is 2. The van der Waals surface area contributed by atoms with Gasteiger partial charge in [0.15, 0.2) is 5.78 Å². The lowest BCUT2D eigenvalue weighted by Gasteiger charge is -2.37. The first-order chi connectivity index (χ1) is 12.5. The Morgan fingerprint density at radius 3 is 1.96 bits per heavy atom. The van der Waals surface area contributed by atoms with Crippen molar-refractivity contribution in [1.29, 1.82) is 0 Å². The predicted octanol–water partition coefficient (Wildman–Crippen LogP) is 4.65. The Hall–Kier alpha value is -1.88. The highest BCUT2D eigenvalue weighted by Gasteiger charge is 2.21. The van der Waals surface area contributed by atoms with Gasteiger partial charge in [-0.05, 0) is 42.3 Å². The van der Waals surface area contributed by atoms with E-state index < -0.39 is 0 Å². The zero-order valence-electron chi connectivity index (χ0n) is 15.7. The molecule has 0 amide bonds. The molecule has 1 aromatic heterocycles. The maximum atomic E-state index is 12.4. The van der Waals surface area contributed by atoms with Crippen LogP contribution in [-0.2, 0) is 0 Å². The van der Waals surface area contributed by atoms with Crippen LogP contribution in [0.5, 0.6) is 0 Å². The molecule has 1 fully saturated rings. The van der Waals surface area contributed by atoms with Crippen LogP contribution in [0.4, 0.5) is 11.4 Å². The summed E-state index contributed by atoms with van der Waals surface area (Å²) in [6, 6.07) is 12.4. The Balaban J connectivity index is 1.61. The van der Waals surface area contributed by atoms with E-state index in [9.17, 15) is 4.79 Å². The van der Waals surface area contributed by atoms with Gasteiger partial charge in [-0.15, -0.1) is 0 Å². The quantitative estimate of drug-likeness (QED) is 0.666. The zero-order chi connectivity index (χ0) is 18.7. The summed E-state index contributed by atoms with van der Waals surface area (Å²) in [5.74, 6) is 0.463. The summed E-state index contributed by atoms with van der Waals surface area (Å²) in [6.45, 7) is 9.98. The van der Waals surface area contributed by atoms with Crippen LogP contribution in [0.15, 0.2) is 47.1 Å². The van der Waals surface area contributed by atoms with E-state index in [-0.39, 0.29) is 11.7 Å². The number of pyridine rings is 1. The second-order valence-corrected chi connectivity index (χ2v) is 8.16. The smallest absolute Gasteiger partial charge is 0.184 e. The third-order valence-electron chi connectivity index (χ3n) is 5.25. The molecule has 0 aliphatic carbocycles. The fourth-order valence-electron chi connectivity index (χ4n) is 3.13. The number of rotatable bonds is 5. The highest BCUT2D eigenvalue weighted by atomic mass is 79.9. The minimum atomic E-state index is 0.00260. The molecule has 0 spiro atoms. The molecule has 0 bridgehead atoms. The summed E-state index contributed by atoms with van der Waals surface area (Å²) in [5.41, 5.74) is 2.92. The van der Waals surface area contributed by atoms with E-state index in [1.807, 2.05) is 25.3 Å². The Labute approximate surface area is 164 Å². The van der Waals surface area contributed by atoms with Crippen molar-refractivity contribution in [2.75, 3.05) is 36.0 Å². The fraction of sp³-hybridized carbons (Fsp3) is 0.429. The number of halogens is 1. The second-order valence-electron chi connectivity index (χ2n) is 7.25. The predicted molar refractivity (Wildman–Crippen MR) is 111 cm³/mol. The highest BCUT2D eigenvalue weighted by molar-refractivity contribution is 9.10. The van der Waals surface area contributed by atoms with Crippen molar-refractivity contribution >= 4 is 33.1 Å². The summed E-state index contributed by atoms with van der Waals surface area (Å²) in [6.07, 6.45) is 1.84. The maximum Gasteiger partial charge on any atom is 0.184 e. The first kappa shape index (κ1) is 18.9. The molecule has 4 nitrogen and oxygen atoms in total. The minimum Gasteiger partial charge on any atom is -0.368 e. The van der Waals surface area contributed by atoms with Crippen molar-refractivity contribution in [3.05, 3.63) is 52.8 Å². The van der Waals surface area contributed by atoms with Crippen LogP contribution >= 0.6 is 15.9 Å². The van der Waals surface area contributed by atoms with E-state index in [1.165, 1.54) is 5.69 Å². The standard InChI is InChI=1S/C21H26BrN3O/c1-15(2)16(3)21(26)20-9-8-19(14-23-20)25-12-10-24(11-13-25)18-6-4-17(22)5-7-18/h4-9,14-16H,10-13H2,1-3H3. The molecular weight excluding hydrogens is 390 g/mol. The fourth-order valence-corrected chi connectivity index (χ4v) is 3.39. The molecule has 2 heterocycles. The average Bonchev–Trinajstić information content (AvgIpc) is 2.67. The van der Waals surface area contributed by atoms with E-state index in [4.69, 9.17) is 0 Å².